The first-order valence-electron chi connectivity index (χ1n) is 13.2. The first-order chi connectivity index (χ1) is 19.6. The van der Waals surface area contributed by atoms with E-state index in [0.29, 0.717) is 23.4 Å². The zero-order valence-electron chi connectivity index (χ0n) is 22.8. The minimum atomic E-state index is -1.31. The lowest BCUT2D eigenvalue weighted by Crippen LogP contribution is -2.59. The number of rotatable bonds is 15. The Bertz CT molecular complexity index is 1280. The number of phenols is 1. The Hall–Kier alpha value is -4.72. The van der Waals surface area contributed by atoms with Crippen molar-refractivity contribution in [3.05, 3.63) is 66.3 Å². The highest BCUT2D eigenvalue weighted by Crippen LogP contribution is 2.13. The van der Waals surface area contributed by atoms with Crippen LogP contribution in [0.5, 0.6) is 5.75 Å². The normalized spacial score (nSPS) is 14.7. The highest BCUT2D eigenvalue weighted by atomic mass is 16.4. The molecule has 220 valence electrons. The second-order valence-electron chi connectivity index (χ2n) is 9.87. The topological polar surface area (TPSA) is 228 Å². The third kappa shape index (κ3) is 9.17. The Labute approximate surface area is 236 Å². The van der Waals surface area contributed by atoms with E-state index in [0.717, 1.165) is 0 Å². The lowest BCUT2D eigenvalue weighted by atomic mass is 9.96. The number of aromatic nitrogens is 4. The quantitative estimate of drug-likeness (QED) is 0.121. The van der Waals surface area contributed by atoms with Crippen LogP contribution in [0.4, 0.5) is 0 Å². The van der Waals surface area contributed by atoms with Gasteiger partial charge in [0.15, 0.2) is 0 Å². The second kappa shape index (κ2) is 14.6. The highest BCUT2D eigenvalue weighted by molar-refractivity contribution is 5.94. The number of nitrogens with two attached hydrogens (primary N) is 1. The van der Waals surface area contributed by atoms with Crippen molar-refractivity contribution in [1.82, 2.24) is 35.9 Å². The van der Waals surface area contributed by atoms with Gasteiger partial charge in [0.25, 0.3) is 0 Å². The van der Waals surface area contributed by atoms with Gasteiger partial charge in [0.1, 0.15) is 23.9 Å². The average molecular weight is 569 g/mol. The summed E-state index contributed by atoms with van der Waals surface area (Å²) in [4.78, 5) is 65.3. The van der Waals surface area contributed by atoms with Crippen molar-refractivity contribution in [3.63, 3.8) is 0 Å². The lowest BCUT2D eigenvalue weighted by molar-refractivity contribution is -0.142. The van der Waals surface area contributed by atoms with Gasteiger partial charge in [-0.3, -0.25) is 14.4 Å². The monoisotopic (exact) mass is 568 g/mol. The fourth-order valence-electron chi connectivity index (χ4n) is 4.12. The van der Waals surface area contributed by atoms with Crippen LogP contribution in [-0.2, 0) is 38.4 Å². The van der Waals surface area contributed by atoms with Crippen LogP contribution in [-0.4, -0.2) is 78.0 Å². The molecule has 41 heavy (non-hydrogen) atoms. The summed E-state index contributed by atoms with van der Waals surface area (Å²) in [6.45, 7) is 3.64. The van der Waals surface area contributed by atoms with E-state index in [2.05, 4.69) is 35.9 Å². The average Bonchev–Trinajstić information content (AvgIpc) is 3.66. The minimum Gasteiger partial charge on any atom is -0.508 e. The minimum absolute atomic E-state index is 0.0103. The van der Waals surface area contributed by atoms with Crippen molar-refractivity contribution in [3.8, 4) is 5.75 Å². The Balaban J connectivity index is 1.75. The van der Waals surface area contributed by atoms with Crippen molar-refractivity contribution >= 4 is 23.7 Å². The summed E-state index contributed by atoms with van der Waals surface area (Å²) in [6, 6.07) is 1.49. The predicted molar refractivity (Wildman–Crippen MR) is 147 cm³/mol. The molecule has 0 aliphatic carbocycles. The third-order valence-corrected chi connectivity index (χ3v) is 6.73. The molecule has 0 aliphatic heterocycles. The molecule has 2 aromatic heterocycles. The SMILES string of the molecule is CCC(C)C(NC(=O)C(N)Cc1cnc[nH]1)C(=O)NC(Cc1cnc[nH]1)C(=O)NC(Cc1ccc(O)cc1)C(=O)O. The molecule has 0 aliphatic rings. The maximum absolute atomic E-state index is 13.5. The van der Waals surface area contributed by atoms with Crippen LogP contribution in [0, 0.1) is 5.92 Å². The Morgan fingerprint density at radius 1 is 0.854 bits per heavy atom. The Morgan fingerprint density at radius 2 is 1.44 bits per heavy atom. The number of hydrogen-bond acceptors (Lipinski definition) is 8. The molecular formula is C27H36N8O6. The molecule has 0 radical (unpaired) electrons. The van der Waals surface area contributed by atoms with Gasteiger partial charge in [-0.15, -0.1) is 0 Å². The zero-order chi connectivity index (χ0) is 29.9. The summed E-state index contributed by atoms with van der Waals surface area (Å²) in [5.41, 5.74) is 7.83. The summed E-state index contributed by atoms with van der Waals surface area (Å²) in [5.74, 6) is -3.45. The Morgan fingerprint density at radius 3 is 1.98 bits per heavy atom. The molecule has 5 atom stereocenters. The molecule has 3 rings (SSSR count). The van der Waals surface area contributed by atoms with E-state index in [1.165, 1.54) is 31.0 Å². The van der Waals surface area contributed by atoms with Crippen LogP contribution in [0.3, 0.4) is 0 Å². The molecule has 2 heterocycles. The van der Waals surface area contributed by atoms with Gasteiger partial charge in [-0.05, 0) is 23.6 Å². The molecule has 0 fully saturated rings. The molecule has 0 saturated carbocycles. The van der Waals surface area contributed by atoms with Crippen molar-refractivity contribution < 1.29 is 29.4 Å². The third-order valence-electron chi connectivity index (χ3n) is 6.73. The second-order valence-corrected chi connectivity index (χ2v) is 9.87. The molecule has 5 unspecified atom stereocenters. The molecule has 3 aromatic rings. The van der Waals surface area contributed by atoms with E-state index >= 15 is 0 Å². The van der Waals surface area contributed by atoms with Crippen molar-refractivity contribution in [1.29, 1.82) is 0 Å². The molecular weight excluding hydrogens is 532 g/mol. The summed E-state index contributed by atoms with van der Waals surface area (Å²) < 4.78 is 0. The number of nitrogens with one attached hydrogen (secondary N) is 5. The molecule has 0 spiro atoms. The van der Waals surface area contributed by atoms with Gasteiger partial charge in [0.2, 0.25) is 17.7 Å². The number of amides is 3. The smallest absolute Gasteiger partial charge is 0.326 e. The maximum Gasteiger partial charge on any atom is 0.326 e. The van der Waals surface area contributed by atoms with Gasteiger partial charge >= 0.3 is 5.97 Å². The number of carbonyl (C=O) groups excluding carboxylic acids is 3. The molecule has 1 aromatic carbocycles. The predicted octanol–water partition coefficient (Wildman–Crippen LogP) is -0.221. The largest absolute Gasteiger partial charge is 0.508 e. The number of nitrogens with zero attached hydrogens (tertiary/aromatic N) is 2. The zero-order valence-corrected chi connectivity index (χ0v) is 22.8. The molecule has 0 saturated heterocycles. The van der Waals surface area contributed by atoms with E-state index < -0.39 is 47.9 Å². The standard InChI is InChI=1S/C27H36N8O6/c1-3-15(2)23(35-24(37)20(28)9-17-11-29-13-31-17)26(39)33-21(10-18-12-30-14-32-18)25(38)34-22(27(40)41)8-16-4-6-19(36)7-5-16/h4-7,11-15,20-23,36H,3,8-10,28H2,1-2H3,(H,29,31)(H,30,32)(H,33,39)(H,34,38)(H,35,37)(H,40,41). The van der Waals surface area contributed by atoms with Crippen LogP contribution >= 0.6 is 0 Å². The number of aliphatic carboxylic acids is 1. The van der Waals surface area contributed by atoms with Crippen LogP contribution in [0.15, 0.2) is 49.3 Å². The van der Waals surface area contributed by atoms with Crippen LogP contribution in [0.25, 0.3) is 0 Å². The number of imidazole rings is 2. The van der Waals surface area contributed by atoms with Gasteiger partial charge < -0.3 is 41.9 Å². The van der Waals surface area contributed by atoms with E-state index in [-0.39, 0.29) is 30.9 Å². The summed E-state index contributed by atoms with van der Waals surface area (Å²) in [5, 5.41) is 27.1. The van der Waals surface area contributed by atoms with E-state index in [9.17, 15) is 29.4 Å². The number of benzene rings is 1. The number of carbonyl (C=O) groups is 4. The first-order valence-corrected chi connectivity index (χ1v) is 13.2. The summed E-state index contributed by atoms with van der Waals surface area (Å²) in [7, 11) is 0. The lowest BCUT2D eigenvalue weighted by Gasteiger charge is -2.28. The molecule has 9 N–H and O–H groups in total. The molecule has 14 heteroatoms. The number of aromatic hydroxyl groups is 1. The number of aromatic amines is 2. The van der Waals surface area contributed by atoms with Crippen molar-refractivity contribution in [2.24, 2.45) is 11.7 Å². The van der Waals surface area contributed by atoms with Gasteiger partial charge in [0.05, 0.1) is 18.7 Å². The molecule has 0 bridgehead atoms. The maximum atomic E-state index is 13.5. The van der Waals surface area contributed by atoms with Gasteiger partial charge in [-0.25, -0.2) is 14.8 Å². The van der Waals surface area contributed by atoms with Crippen LogP contribution in [0.2, 0.25) is 0 Å². The van der Waals surface area contributed by atoms with Crippen molar-refractivity contribution in [2.45, 2.75) is 63.7 Å². The number of hydrogen-bond donors (Lipinski definition) is 8. The fourth-order valence-corrected chi connectivity index (χ4v) is 4.12. The van der Waals surface area contributed by atoms with E-state index in [1.54, 1.807) is 25.3 Å². The number of carboxylic acid groups (broad SMARTS) is 1. The number of H-pyrrole nitrogens is 2. The number of carboxylic acids is 1. The first kappa shape index (κ1) is 30.8. The van der Waals surface area contributed by atoms with E-state index in [1.807, 2.05) is 6.92 Å². The molecule has 14 nitrogen and oxygen atoms in total. The molecule has 3 amide bonds. The fraction of sp³-hybridized carbons (Fsp3) is 0.407. The van der Waals surface area contributed by atoms with Crippen molar-refractivity contribution in [2.75, 3.05) is 0 Å². The van der Waals surface area contributed by atoms with Gasteiger partial charge in [-0.1, -0.05) is 32.4 Å². The Kier molecular flexibility index (Phi) is 11.0. The van der Waals surface area contributed by atoms with Gasteiger partial charge in [0, 0.05) is 43.0 Å². The summed E-state index contributed by atoms with van der Waals surface area (Å²) in [6.07, 6.45) is 6.59. The summed E-state index contributed by atoms with van der Waals surface area (Å²) >= 11 is 0. The van der Waals surface area contributed by atoms with E-state index in [4.69, 9.17) is 5.73 Å². The number of phenolic OH excluding ortho intramolecular Hbond substituents is 1. The van der Waals surface area contributed by atoms with Crippen LogP contribution < -0.4 is 21.7 Å². The highest BCUT2D eigenvalue weighted by Gasteiger charge is 2.33. The van der Waals surface area contributed by atoms with Crippen LogP contribution in [0.1, 0.15) is 37.2 Å². The van der Waals surface area contributed by atoms with Gasteiger partial charge in [-0.2, -0.15) is 0 Å².